The lowest BCUT2D eigenvalue weighted by atomic mass is 10.3. The summed E-state index contributed by atoms with van der Waals surface area (Å²) in [6.07, 6.45) is 3.63. The molecule has 0 saturated carbocycles. The number of anilines is 3. The predicted octanol–water partition coefficient (Wildman–Crippen LogP) is 0.992. The molecule has 11 nitrogen and oxygen atoms in total. The van der Waals surface area contributed by atoms with Crippen LogP contribution >= 0.6 is 0 Å². The second-order valence-corrected chi connectivity index (χ2v) is 8.90. The number of likely N-dealkylation sites (N-methyl/N-ethyl adjacent to an activating group) is 1. The summed E-state index contributed by atoms with van der Waals surface area (Å²) in [5.41, 5.74) is 2.35. The van der Waals surface area contributed by atoms with E-state index >= 15 is 0 Å². The van der Waals surface area contributed by atoms with Crippen molar-refractivity contribution in [3.05, 3.63) is 36.3 Å². The molecular weight excluding hydrogens is 434 g/mol. The van der Waals surface area contributed by atoms with Crippen LogP contribution in [0.2, 0.25) is 0 Å². The van der Waals surface area contributed by atoms with E-state index in [1.165, 1.54) is 0 Å². The number of ether oxygens (including phenoxy) is 1. The van der Waals surface area contributed by atoms with Gasteiger partial charge in [0.1, 0.15) is 11.5 Å². The van der Waals surface area contributed by atoms with Crippen LogP contribution in [0.15, 0.2) is 30.6 Å². The van der Waals surface area contributed by atoms with Gasteiger partial charge in [-0.1, -0.05) is 0 Å². The monoisotopic (exact) mass is 465 g/mol. The predicted molar refractivity (Wildman–Crippen MR) is 132 cm³/mol. The van der Waals surface area contributed by atoms with Crippen molar-refractivity contribution in [3.63, 3.8) is 0 Å². The maximum absolute atomic E-state index is 12.9. The van der Waals surface area contributed by atoms with Crippen molar-refractivity contribution in [2.24, 2.45) is 0 Å². The van der Waals surface area contributed by atoms with E-state index in [2.05, 4.69) is 43.2 Å². The molecule has 0 aromatic carbocycles. The van der Waals surface area contributed by atoms with Crippen molar-refractivity contribution >= 4 is 34.4 Å². The highest BCUT2D eigenvalue weighted by molar-refractivity contribution is 5.98. The standard InChI is InChI=1S/C23H31N9O2/c1-28(2)22(33)19-14-17-15-25-23(27-21(17)32(19)31-10-12-34-13-11-31)26-20-5-4-18(16-24-20)30-8-6-29(3)7-9-30/h4-5,14-16H,6-13H2,1-3H3,(H,24,25,26,27). The van der Waals surface area contributed by atoms with Crippen molar-refractivity contribution in [2.45, 2.75) is 0 Å². The number of pyridine rings is 1. The van der Waals surface area contributed by atoms with E-state index in [0.29, 0.717) is 49.4 Å². The van der Waals surface area contributed by atoms with E-state index in [0.717, 1.165) is 37.3 Å². The molecule has 2 aliphatic rings. The Morgan fingerprint density at radius 1 is 1.03 bits per heavy atom. The highest BCUT2D eigenvalue weighted by Crippen LogP contribution is 2.23. The second kappa shape index (κ2) is 9.43. The van der Waals surface area contributed by atoms with E-state index < -0.39 is 0 Å². The Bertz CT molecular complexity index is 1150. The number of rotatable bonds is 5. The van der Waals surface area contributed by atoms with Gasteiger partial charge in [0.25, 0.3) is 5.91 Å². The van der Waals surface area contributed by atoms with Crippen molar-refractivity contribution in [2.75, 3.05) is 88.9 Å². The Balaban J connectivity index is 1.41. The van der Waals surface area contributed by atoms with Gasteiger partial charge in [0.2, 0.25) is 5.95 Å². The minimum Gasteiger partial charge on any atom is -0.378 e. The van der Waals surface area contributed by atoms with Gasteiger partial charge in [0.05, 0.1) is 38.2 Å². The first kappa shape index (κ1) is 22.4. The number of carbonyl (C=O) groups excluding carboxylic acids is 1. The fraction of sp³-hybridized carbons (Fsp3) is 0.478. The molecule has 0 unspecified atom stereocenters. The first-order chi connectivity index (χ1) is 16.5. The van der Waals surface area contributed by atoms with Gasteiger partial charge in [-0.15, -0.1) is 0 Å². The molecular formula is C23H31N9O2. The number of aromatic nitrogens is 4. The fourth-order valence-corrected chi connectivity index (χ4v) is 4.28. The van der Waals surface area contributed by atoms with E-state index in [1.54, 1.807) is 25.2 Å². The SMILES string of the molecule is CN1CCN(c2ccc(Nc3ncc4cc(C(=O)N(C)C)n(N5CCOCC5)c4n3)nc2)CC1. The summed E-state index contributed by atoms with van der Waals surface area (Å²) in [5, 5.41) is 6.12. The average Bonchev–Trinajstić information content (AvgIpc) is 3.24. The summed E-state index contributed by atoms with van der Waals surface area (Å²) < 4.78 is 7.41. The van der Waals surface area contributed by atoms with Crippen LogP contribution in [0.1, 0.15) is 10.5 Å². The molecule has 0 bridgehead atoms. The maximum atomic E-state index is 12.9. The minimum atomic E-state index is -0.0832. The summed E-state index contributed by atoms with van der Waals surface area (Å²) in [6.45, 7) is 6.67. The molecule has 0 aliphatic carbocycles. The van der Waals surface area contributed by atoms with Gasteiger partial charge >= 0.3 is 0 Å². The van der Waals surface area contributed by atoms with Crippen LogP contribution < -0.4 is 15.2 Å². The molecule has 1 N–H and O–H groups in total. The molecule has 5 rings (SSSR count). The molecule has 2 fully saturated rings. The molecule has 1 amide bonds. The van der Waals surface area contributed by atoms with Gasteiger partial charge in [-0.2, -0.15) is 4.98 Å². The number of carbonyl (C=O) groups is 1. The number of amides is 1. The van der Waals surface area contributed by atoms with Gasteiger partial charge in [0.15, 0.2) is 5.65 Å². The number of nitrogens with one attached hydrogen (secondary N) is 1. The third kappa shape index (κ3) is 4.48. The Morgan fingerprint density at radius 3 is 2.47 bits per heavy atom. The summed E-state index contributed by atoms with van der Waals surface area (Å²) in [7, 11) is 5.65. The van der Waals surface area contributed by atoms with Crippen LogP contribution in [0, 0.1) is 0 Å². The van der Waals surface area contributed by atoms with Crippen LogP contribution in [0.3, 0.4) is 0 Å². The Morgan fingerprint density at radius 2 is 1.79 bits per heavy atom. The second-order valence-electron chi connectivity index (χ2n) is 8.90. The largest absolute Gasteiger partial charge is 0.378 e. The topological polar surface area (TPSA) is 94.9 Å². The normalized spacial score (nSPS) is 17.3. The summed E-state index contributed by atoms with van der Waals surface area (Å²) in [6, 6.07) is 5.87. The van der Waals surface area contributed by atoms with Crippen LogP contribution in [0.4, 0.5) is 17.5 Å². The van der Waals surface area contributed by atoms with E-state index in [4.69, 9.17) is 9.72 Å². The van der Waals surface area contributed by atoms with Crippen LogP contribution in [-0.2, 0) is 4.74 Å². The van der Waals surface area contributed by atoms with Crippen molar-refractivity contribution in [3.8, 4) is 0 Å². The van der Waals surface area contributed by atoms with E-state index in [1.807, 2.05) is 23.0 Å². The van der Waals surface area contributed by atoms with Gasteiger partial charge in [-0.05, 0) is 25.2 Å². The molecule has 3 aromatic rings. The number of morpholine rings is 1. The number of fused-ring (bicyclic) bond motifs is 1. The summed E-state index contributed by atoms with van der Waals surface area (Å²) in [4.78, 5) is 33.0. The molecule has 0 spiro atoms. The van der Waals surface area contributed by atoms with E-state index in [9.17, 15) is 4.79 Å². The third-order valence-corrected chi connectivity index (χ3v) is 6.27. The molecule has 34 heavy (non-hydrogen) atoms. The van der Waals surface area contributed by atoms with Crippen LogP contribution in [-0.4, -0.2) is 109 Å². The molecule has 180 valence electrons. The Labute approximate surface area is 198 Å². The van der Waals surface area contributed by atoms with Crippen LogP contribution in [0.25, 0.3) is 11.0 Å². The van der Waals surface area contributed by atoms with Gasteiger partial charge in [-0.3, -0.25) is 4.79 Å². The van der Waals surface area contributed by atoms with E-state index in [-0.39, 0.29) is 5.91 Å². The Kier molecular flexibility index (Phi) is 6.20. The molecule has 0 radical (unpaired) electrons. The average molecular weight is 466 g/mol. The fourth-order valence-electron chi connectivity index (χ4n) is 4.28. The first-order valence-corrected chi connectivity index (χ1v) is 11.6. The highest BCUT2D eigenvalue weighted by Gasteiger charge is 2.24. The molecule has 0 atom stereocenters. The third-order valence-electron chi connectivity index (χ3n) is 6.27. The zero-order chi connectivity index (χ0) is 23.7. The Hall–Kier alpha value is -3.44. The highest BCUT2D eigenvalue weighted by atomic mass is 16.5. The zero-order valence-corrected chi connectivity index (χ0v) is 19.9. The zero-order valence-electron chi connectivity index (χ0n) is 19.9. The molecule has 2 saturated heterocycles. The minimum absolute atomic E-state index is 0.0832. The van der Waals surface area contributed by atoms with Gasteiger partial charge < -0.3 is 29.8 Å². The van der Waals surface area contributed by atoms with Crippen molar-refractivity contribution in [1.29, 1.82) is 0 Å². The van der Waals surface area contributed by atoms with Gasteiger partial charge in [-0.25, -0.2) is 14.6 Å². The number of hydrogen-bond acceptors (Lipinski definition) is 9. The lowest BCUT2D eigenvalue weighted by molar-refractivity contribution is 0.0807. The summed E-state index contributed by atoms with van der Waals surface area (Å²) in [5.74, 6) is 1.02. The molecule has 3 aromatic heterocycles. The van der Waals surface area contributed by atoms with Crippen molar-refractivity contribution in [1.82, 2.24) is 29.4 Å². The van der Waals surface area contributed by atoms with Crippen LogP contribution in [0.5, 0.6) is 0 Å². The molecule has 11 heteroatoms. The maximum Gasteiger partial charge on any atom is 0.272 e. The summed E-state index contributed by atoms with van der Waals surface area (Å²) >= 11 is 0. The smallest absolute Gasteiger partial charge is 0.272 e. The molecule has 5 heterocycles. The number of piperazine rings is 1. The number of nitrogens with zero attached hydrogens (tertiary/aromatic N) is 8. The lowest BCUT2D eigenvalue weighted by Gasteiger charge is -2.33. The lowest BCUT2D eigenvalue weighted by Crippen LogP contribution is -2.46. The van der Waals surface area contributed by atoms with Gasteiger partial charge in [0, 0.05) is 51.9 Å². The first-order valence-electron chi connectivity index (χ1n) is 11.6. The number of hydrogen-bond donors (Lipinski definition) is 1. The molecule has 2 aliphatic heterocycles. The van der Waals surface area contributed by atoms with Crippen molar-refractivity contribution < 1.29 is 9.53 Å². The quantitative estimate of drug-likeness (QED) is 0.592.